The van der Waals surface area contributed by atoms with Crippen LogP contribution in [0.15, 0.2) is 24.4 Å². The van der Waals surface area contributed by atoms with Gasteiger partial charge in [-0.15, -0.1) is 0 Å². The molecule has 25 heavy (non-hydrogen) atoms. The summed E-state index contributed by atoms with van der Waals surface area (Å²) >= 11 is 0. The van der Waals surface area contributed by atoms with Crippen LogP contribution in [0, 0.1) is 12.7 Å². The first-order chi connectivity index (χ1) is 11.8. The Labute approximate surface area is 146 Å². The zero-order chi connectivity index (χ0) is 18.2. The number of hydrogen-bond donors (Lipinski definition) is 0. The summed E-state index contributed by atoms with van der Waals surface area (Å²) in [5, 5.41) is 4.35. The second kappa shape index (κ2) is 6.59. The molecule has 134 valence electrons. The van der Waals surface area contributed by atoms with Gasteiger partial charge >= 0.3 is 0 Å². The fourth-order valence-electron chi connectivity index (χ4n) is 2.93. The van der Waals surface area contributed by atoms with Gasteiger partial charge in [0.05, 0.1) is 17.2 Å². The van der Waals surface area contributed by atoms with Gasteiger partial charge in [0.2, 0.25) is 0 Å². The molecule has 3 rings (SSSR count). The number of benzene rings is 1. The number of halogens is 1. The Morgan fingerprint density at radius 2 is 1.92 bits per heavy atom. The van der Waals surface area contributed by atoms with E-state index in [1.165, 1.54) is 17.0 Å². The zero-order valence-electron chi connectivity index (χ0n) is 14.2. The molecule has 0 saturated carbocycles. The third-order valence-corrected chi connectivity index (χ3v) is 5.97. The van der Waals surface area contributed by atoms with Crippen LogP contribution in [0.1, 0.15) is 23.0 Å². The third-order valence-electron chi connectivity index (χ3n) is 4.36. The van der Waals surface area contributed by atoms with E-state index in [4.69, 9.17) is 0 Å². The van der Waals surface area contributed by atoms with Gasteiger partial charge in [-0.25, -0.2) is 12.8 Å². The summed E-state index contributed by atoms with van der Waals surface area (Å²) in [5.74, 6) is -0.961. The van der Waals surface area contributed by atoms with E-state index in [1.807, 2.05) is 20.0 Å². The van der Waals surface area contributed by atoms with Crippen molar-refractivity contribution in [1.82, 2.24) is 14.7 Å². The molecular formula is C17H20FN3O3S. The zero-order valence-corrected chi connectivity index (χ0v) is 15.0. The molecule has 8 heteroatoms. The normalized spacial score (nSPS) is 16.8. The Hall–Kier alpha value is -2.22. The molecule has 0 radical (unpaired) electrons. The Morgan fingerprint density at radius 3 is 2.52 bits per heavy atom. The summed E-state index contributed by atoms with van der Waals surface area (Å²) in [6, 6.07) is 4.20. The lowest BCUT2D eigenvalue weighted by atomic mass is 10.0. The summed E-state index contributed by atoms with van der Waals surface area (Å²) in [5.41, 5.74) is 2.34. The van der Waals surface area contributed by atoms with E-state index in [2.05, 4.69) is 5.10 Å². The van der Waals surface area contributed by atoms with E-state index in [1.54, 1.807) is 10.7 Å². The summed E-state index contributed by atoms with van der Waals surface area (Å²) < 4.78 is 38.9. The van der Waals surface area contributed by atoms with Gasteiger partial charge in [0.1, 0.15) is 5.82 Å². The molecule has 0 atom stereocenters. The van der Waals surface area contributed by atoms with Crippen molar-refractivity contribution in [3.63, 3.8) is 0 Å². The standard InChI is InChI=1S/C17H20FN3O3S/c1-3-21-11-16(12(2)19-21)13-8-14(10-15(18)9-13)17(22)20-4-6-25(23,24)7-5-20/h8-11H,3-7H2,1-2H3. The van der Waals surface area contributed by atoms with Crippen LogP contribution in [0.3, 0.4) is 0 Å². The monoisotopic (exact) mass is 365 g/mol. The molecule has 6 nitrogen and oxygen atoms in total. The fraction of sp³-hybridized carbons (Fsp3) is 0.412. The highest BCUT2D eigenvalue weighted by Gasteiger charge is 2.26. The van der Waals surface area contributed by atoms with Gasteiger partial charge in [0.15, 0.2) is 9.84 Å². The Balaban J connectivity index is 1.91. The predicted molar refractivity (Wildman–Crippen MR) is 92.6 cm³/mol. The molecule has 1 aromatic heterocycles. The molecule has 0 N–H and O–H groups in total. The second-order valence-electron chi connectivity index (χ2n) is 6.16. The average Bonchev–Trinajstić information content (AvgIpc) is 2.95. The number of amides is 1. The summed E-state index contributed by atoms with van der Waals surface area (Å²) in [6.07, 6.45) is 1.83. The molecule has 1 aliphatic rings. The number of sulfone groups is 1. The minimum atomic E-state index is -3.08. The van der Waals surface area contributed by atoms with Crippen LogP contribution < -0.4 is 0 Å². The number of aryl methyl sites for hydroxylation is 2. The molecule has 1 aliphatic heterocycles. The minimum absolute atomic E-state index is 0.0523. The van der Waals surface area contributed by atoms with Gasteiger partial charge in [-0.2, -0.15) is 5.10 Å². The van der Waals surface area contributed by atoms with Crippen LogP contribution in [-0.2, 0) is 16.4 Å². The molecule has 2 heterocycles. The van der Waals surface area contributed by atoms with Crippen LogP contribution in [-0.4, -0.2) is 53.6 Å². The van der Waals surface area contributed by atoms with Gasteiger partial charge in [0.25, 0.3) is 5.91 Å². The summed E-state index contributed by atoms with van der Waals surface area (Å²) in [7, 11) is -3.08. The molecule has 2 aromatic rings. The Morgan fingerprint density at radius 1 is 1.24 bits per heavy atom. The van der Waals surface area contributed by atoms with Gasteiger partial charge in [-0.3, -0.25) is 9.48 Å². The number of carbonyl (C=O) groups excluding carboxylic acids is 1. The van der Waals surface area contributed by atoms with Crippen LogP contribution in [0.4, 0.5) is 4.39 Å². The fourth-order valence-corrected chi connectivity index (χ4v) is 4.13. The van der Waals surface area contributed by atoms with E-state index in [9.17, 15) is 17.6 Å². The molecular weight excluding hydrogens is 345 g/mol. The van der Waals surface area contributed by atoms with Crippen molar-refractivity contribution >= 4 is 15.7 Å². The number of carbonyl (C=O) groups is 1. The van der Waals surface area contributed by atoms with Crippen molar-refractivity contribution in [2.75, 3.05) is 24.6 Å². The van der Waals surface area contributed by atoms with E-state index in [0.717, 1.165) is 11.3 Å². The molecule has 1 amide bonds. The molecule has 0 unspecified atom stereocenters. The number of hydrogen-bond acceptors (Lipinski definition) is 4. The summed E-state index contributed by atoms with van der Waals surface area (Å²) in [4.78, 5) is 14.1. The number of rotatable bonds is 3. The smallest absolute Gasteiger partial charge is 0.254 e. The van der Waals surface area contributed by atoms with Gasteiger partial charge in [0, 0.05) is 37.0 Å². The Bertz CT molecular complexity index is 907. The first-order valence-electron chi connectivity index (χ1n) is 8.14. The van der Waals surface area contributed by atoms with Gasteiger partial charge in [-0.05, 0) is 37.6 Å². The minimum Gasteiger partial charge on any atom is -0.337 e. The van der Waals surface area contributed by atoms with E-state index in [0.29, 0.717) is 12.1 Å². The van der Waals surface area contributed by atoms with Crippen LogP contribution >= 0.6 is 0 Å². The van der Waals surface area contributed by atoms with Crippen molar-refractivity contribution in [2.24, 2.45) is 0 Å². The second-order valence-corrected chi connectivity index (χ2v) is 8.46. The molecule has 1 aromatic carbocycles. The predicted octanol–water partition coefficient (Wildman–Crippen LogP) is 1.89. The topological polar surface area (TPSA) is 72.3 Å². The first kappa shape index (κ1) is 17.6. The highest BCUT2D eigenvalue weighted by molar-refractivity contribution is 7.91. The van der Waals surface area contributed by atoms with Crippen LogP contribution in [0.2, 0.25) is 0 Å². The maximum atomic E-state index is 14.1. The summed E-state index contributed by atoms with van der Waals surface area (Å²) in [6.45, 7) is 4.77. The first-order valence-corrected chi connectivity index (χ1v) is 9.96. The van der Waals surface area contributed by atoms with Crippen molar-refractivity contribution in [3.8, 4) is 11.1 Å². The lowest BCUT2D eigenvalue weighted by Crippen LogP contribution is -2.43. The quantitative estimate of drug-likeness (QED) is 0.833. The maximum Gasteiger partial charge on any atom is 0.254 e. The van der Waals surface area contributed by atoms with Crippen LogP contribution in [0.5, 0.6) is 0 Å². The number of nitrogens with zero attached hydrogens (tertiary/aromatic N) is 3. The molecule has 1 fully saturated rings. The Kier molecular flexibility index (Phi) is 4.64. The maximum absolute atomic E-state index is 14.1. The molecule has 0 bridgehead atoms. The number of aromatic nitrogens is 2. The average molecular weight is 365 g/mol. The molecule has 0 aliphatic carbocycles. The lowest BCUT2D eigenvalue weighted by Gasteiger charge is -2.27. The highest BCUT2D eigenvalue weighted by atomic mass is 32.2. The van der Waals surface area contributed by atoms with Crippen molar-refractivity contribution in [1.29, 1.82) is 0 Å². The van der Waals surface area contributed by atoms with Crippen molar-refractivity contribution in [2.45, 2.75) is 20.4 Å². The van der Waals surface area contributed by atoms with Gasteiger partial charge < -0.3 is 4.90 Å². The SMILES string of the molecule is CCn1cc(-c2cc(F)cc(C(=O)N3CCS(=O)(=O)CC3)c2)c(C)n1. The van der Waals surface area contributed by atoms with Gasteiger partial charge in [-0.1, -0.05) is 0 Å². The van der Waals surface area contributed by atoms with Crippen LogP contribution in [0.25, 0.3) is 11.1 Å². The molecule has 0 spiro atoms. The third kappa shape index (κ3) is 3.73. The largest absolute Gasteiger partial charge is 0.337 e. The highest BCUT2D eigenvalue weighted by Crippen LogP contribution is 2.25. The van der Waals surface area contributed by atoms with E-state index in [-0.39, 0.29) is 36.1 Å². The van der Waals surface area contributed by atoms with Crippen molar-refractivity contribution < 1.29 is 17.6 Å². The van der Waals surface area contributed by atoms with Crippen molar-refractivity contribution in [3.05, 3.63) is 41.5 Å². The van der Waals surface area contributed by atoms with E-state index < -0.39 is 15.7 Å². The molecule has 1 saturated heterocycles. The van der Waals surface area contributed by atoms with E-state index >= 15 is 0 Å². The lowest BCUT2D eigenvalue weighted by molar-refractivity contribution is 0.0770.